The fourth-order valence-corrected chi connectivity index (χ4v) is 2.24. The summed E-state index contributed by atoms with van der Waals surface area (Å²) in [4.78, 5) is 0. The summed E-state index contributed by atoms with van der Waals surface area (Å²) < 4.78 is 5.67. The first-order valence-electron chi connectivity index (χ1n) is 5.06. The molecule has 72 valence electrons. The third kappa shape index (κ3) is 1.82. The van der Waals surface area contributed by atoms with E-state index in [9.17, 15) is 5.11 Å². The van der Waals surface area contributed by atoms with E-state index in [1.54, 1.807) is 12.1 Å². The molecule has 1 aromatic heterocycles. The molecular weight excluding hydrogens is 199 g/mol. The summed E-state index contributed by atoms with van der Waals surface area (Å²) in [5.74, 6) is 1.13. The van der Waals surface area contributed by atoms with Crippen molar-refractivity contribution in [2.45, 2.75) is 25.7 Å². The Morgan fingerprint density at radius 2 is 1.93 bits per heavy atom. The maximum absolute atomic E-state index is 11.1. The molecule has 1 heterocycles. The van der Waals surface area contributed by atoms with Gasteiger partial charge in [-0.15, -0.1) is 5.75 Å². The van der Waals surface area contributed by atoms with E-state index in [0.717, 1.165) is 29.6 Å². The predicted molar refractivity (Wildman–Crippen MR) is 52.3 cm³/mol. The van der Waals surface area contributed by atoms with Gasteiger partial charge in [0.05, 0.1) is 0 Å². The Morgan fingerprint density at radius 3 is 2.80 bits per heavy atom. The first-order chi connectivity index (χ1) is 6.84. The van der Waals surface area contributed by atoms with Crippen molar-refractivity contribution in [3.05, 3.63) is 29.5 Å². The second kappa shape index (κ2) is 4.20. The molecule has 0 saturated carbocycles. The molecule has 3 rings (SSSR count). The van der Waals surface area contributed by atoms with Crippen molar-refractivity contribution >= 4 is 11.0 Å². The summed E-state index contributed by atoms with van der Waals surface area (Å²) >= 11 is 0. The van der Waals surface area contributed by atoms with Gasteiger partial charge in [-0.1, -0.05) is 12.1 Å². The van der Waals surface area contributed by atoms with Crippen molar-refractivity contribution < 1.29 is 39.1 Å². The molecule has 0 atom stereocenters. The SMILES string of the molecule is [Na+].[O-]c1ccc2c3c(oc2c1)CCCC3. The van der Waals surface area contributed by atoms with Gasteiger partial charge >= 0.3 is 29.6 Å². The van der Waals surface area contributed by atoms with Crippen molar-refractivity contribution in [3.8, 4) is 5.75 Å². The van der Waals surface area contributed by atoms with Crippen LogP contribution < -0.4 is 34.7 Å². The molecule has 0 N–H and O–H groups in total. The first-order valence-corrected chi connectivity index (χ1v) is 5.06. The van der Waals surface area contributed by atoms with E-state index < -0.39 is 0 Å². The maximum atomic E-state index is 11.1. The van der Waals surface area contributed by atoms with Crippen LogP contribution in [0.25, 0.3) is 11.0 Å². The third-order valence-corrected chi connectivity index (χ3v) is 2.93. The summed E-state index contributed by atoms with van der Waals surface area (Å²) in [5, 5.41) is 12.3. The Morgan fingerprint density at radius 1 is 1.13 bits per heavy atom. The minimum Gasteiger partial charge on any atom is -0.872 e. The molecule has 0 bridgehead atoms. The Kier molecular flexibility index (Phi) is 3.10. The minimum absolute atomic E-state index is 0. The van der Waals surface area contributed by atoms with Gasteiger partial charge in [-0.05, 0) is 25.3 Å². The van der Waals surface area contributed by atoms with Crippen molar-refractivity contribution in [1.29, 1.82) is 0 Å². The molecule has 2 nitrogen and oxygen atoms in total. The molecule has 0 amide bonds. The van der Waals surface area contributed by atoms with Crippen LogP contribution in [0.5, 0.6) is 5.75 Å². The fraction of sp³-hybridized carbons (Fsp3) is 0.333. The number of hydrogen-bond acceptors (Lipinski definition) is 2. The van der Waals surface area contributed by atoms with Crippen LogP contribution in [0.15, 0.2) is 22.6 Å². The quantitative estimate of drug-likeness (QED) is 0.544. The Labute approximate surface area is 111 Å². The van der Waals surface area contributed by atoms with Crippen molar-refractivity contribution in [2.75, 3.05) is 0 Å². The van der Waals surface area contributed by atoms with Crippen molar-refractivity contribution in [3.63, 3.8) is 0 Å². The van der Waals surface area contributed by atoms with Gasteiger partial charge in [-0.2, -0.15) is 0 Å². The smallest absolute Gasteiger partial charge is 0.872 e. The topological polar surface area (TPSA) is 36.2 Å². The number of benzene rings is 1. The molecule has 0 spiro atoms. The molecule has 3 heteroatoms. The van der Waals surface area contributed by atoms with Gasteiger partial charge in [0.2, 0.25) is 0 Å². The fourth-order valence-electron chi connectivity index (χ4n) is 2.24. The van der Waals surface area contributed by atoms with Gasteiger partial charge in [0.1, 0.15) is 11.3 Å². The number of furan rings is 1. The molecule has 1 aliphatic rings. The molecule has 0 aliphatic heterocycles. The molecule has 15 heavy (non-hydrogen) atoms. The van der Waals surface area contributed by atoms with E-state index >= 15 is 0 Å². The zero-order chi connectivity index (χ0) is 9.54. The third-order valence-electron chi connectivity index (χ3n) is 2.93. The summed E-state index contributed by atoms with van der Waals surface area (Å²) in [6.07, 6.45) is 4.57. The normalized spacial score (nSPS) is 14.7. The van der Waals surface area contributed by atoms with Gasteiger partial charge < -0.3 is 9.52 Å². The first kappa shape index (κ1) is 11.1. The zero-order valence-corrected chi connectivity index (χ0v) is 10.9. The summed E-state index contributed by atoms with van der Waals surface area (Å²) in [5.41, 5.74) is 2.09. The maximum Gasteiger partial charge on any atom is 1.00 e. The molecule has 1 aromatic carbocycles. The molecule has 0 fully saturated rings. The van der Waals surface area contributed by atoms with Gasteiger partial charge in [0.15, 0.2) is 0 Å². The van der Waals surface area contributed by atoms with E-state index in [2.05, 4.69) is 0 Å². The second-order valence-corrected chi connectivity index (χ2v) is 3.87. The summed E-state index contributed by atoms with van der Waals surface area (Å²) in [6.45, 7) is 0. The number of hydrogen-bond donors (Lipinski definition) is 0. The molecular formula is C12H11NaO2. The van der Waals surface area contributed by atoms with Crippen molar-refractivity contribution in [2.24, 2.45) is 0 Å². The van der Waals surface area contributed by atoms with Crippen LogP contribution >= 0.6 is 0 Å². The van der Waals surface area contributed by atoms with Crippen LogP contribution in [0.1, 0.15) is 24.2 Å². The number of fused-ring (bicyclic) bond motifs is 3. The standard InChI is InChI=1S/C12H12O2.Na/c13-8-5-6-10-9-3-1-2-4-11(9)14-12(10)7-8;/h5-7,13H,1-4H2;/q;+1/p-1. The predicted octanol–water partition coefficient (Wildman–Crippen LogP) is -0.611. The zero-order valence-electron chi connectivity index (χ0n) is 8.88. The van der Waals surface area contributed by atoms with Gasteiger partial charge in [0.25, 0.3) is 0 Å². The van der Waals surface area contributed by atoms with Crippen LogP contribution in [-0.2, 0) is 12.8 Å². The minimum atomic E-state index is 0. The Balaban J connectivity index is 0.000000853. The van der Waals surface area contributed by atoms with E-state index in [0.29, 0.717) is 0 Å². The van der Waals surface area contributed by atoms with Gasteiger partial charge in [-0.25, -0.2) is 0 Å². The van der Waals surface area contributed by atoms with Crippen LogP contribution in [0, 0.1) is 0 Å². The van der Waals surface area contributed by atoms with Crippen LogP contribution in [-0.4, -0.2) is 0 Å². The van der Waals surface area contributed by atoms with E-state index in [4.69, 9.17) is 4.42 Å². The largest absolute Gasteiger partial charge is 1.00 e. The van der Waals surface area contributed by atoms with Crippen LogP contribution in [0.2, 0.25) is 0 Å². The van der Waals surface area contributed by atoms with Crippen LogP contribution in [0.3, 0.4) is 0 Å². The summed E-state index contributed by atoms with van der Waals surface area (Å²) in [7, 11) is 0. The average molecular weight is 210 g/mol. The molecule has 1 aliphatic carbocycles. The van der Waals surface area contributed by atoms with E-state index in [1.807, 2.05) is 6.07 Å². The monoisotopic (exact) mass is 210 g/mol. The summed E-state index contributed by atoms with van der Waals surface area (Å²) in [6, 6.07) is 5.10. The van der Waals surface area contributed by atoms with E-state index in [-0.39, 0.29) is 35.3 Å². The number of rotatable bonds is 0. The molecule has 0 unspecified atom stereocenters. The average Bonchev–Trinajstić information content (AvgIpc) is 2.54. The Hall–Kier alpha value is -0.440. The van der Waals surface area contributed by atoms with Crippen LogP contribution in [0.4, 0.5) is 0 Å². The molecule has 2 aromatic rings. The number of aryl methyl sites for hydroxylation is 2. The molecule has 0 radical (unpaired) electrons. The molecule has 0 saturated heterocycles. The van der Waals surface area contributed by atoms with Gasteiger partial charge in [-0.3, -0.25) is 0 Å². The van der Waals surface area contributed by atoms with E-state index in [1.165, 1.54) is 18.4 Å². The van der Waals surface area contributed by atoms with Gasteiger partial charge in [0, 0.05) is 17.4 Å². The van der Waals surface area contributed by atoms with Crippen molar-refractivity contribution in [1.82, 2.24) is 0 Å². The Bertz CT molecular complexity index is 488. The second-order valence-electron chi connectivity index (χ2n) is 3.87.